The van der Waals surface area contributed by atoms with E-state index in [4.69, 9.17) is 0 Å². The summed E-state index contributed by atoms with van der Waals surface area (Å²) in [6, 6.07) is 117. The summed E-state index contributed by atoms with van der Waals surface area (Å²) in [6.45, 7) is 0. The van der Waals surface area contributed by atoms with Crippen molar-refractivity contribution in [3.8, 4) is 34.1 Å². The second-order valence-electron chi connectivity index (χ2n) is 24.4. The van der Waals surface area contributed by atoms with Gasteiger partial charge < -0.3 is 27.4 Å². The van der Waals surface area contributed by atoms with E-state index < -0.39 is 0 Å². The number of benzene rings is 14. The first-order chi connectivity index (χ1) is 45.7. The molecule has 6 nitrogen and oxygen atoms in total. The van der Waals surface area contributed by atoms with Gasteiger partial charge in [-0.15, -0.1) is 0 Å². The number of hydrogen-bond donors (Lipinski definition) is 0. The van der Waals surface area contributed by atoms with E-state index in [1.54, 1.807) is 0 Å². The van der Waals surface area contributed by atoms with Crippen molar-refractivity contribution in [3.05, 3.63) is 328 Å². The van der Waals surface area contributed by atoms with E-state index in [9.17, 15) is 0 Å². The molecule has 0 unspecified atom stereocenters. The summed E-state index contributed by atoms with van der Waals surface area (Å²) in [5.74, 6) is 0. The van der Waals surface area contributed by atoms with Gasteiger partial charge in [-0.05, 0) is 177 Å². The monoisotopic (exact) mass is 1170 g/mol. The Labute approximate surface area is 527 Å². The highest BCUT2D eigenvalue weighted by Crippen LogP contribution is 2.44. The van der Waals surface area contributed by atoms with Crippen molar-refractivity contribution in [2.24, 2.45) is 0 Å². The highest BCUT2D eigenvalue weighted by atomic mass is 15.1. The summed E-state index contributed by atoms with van der Waals surface area (Å²) < 4.78 is 14.5. The molecule has 0 aliphatic heterocycles. The van der Waals surface area contributed by atoms with Crippen LogP contribution in [0.4, 0.5) is 0 Å². The summed E-state index contributed by atoms with van der Waals surface area (Å²) in [5, 5.41) is 19.1. The molecule has 5 aromatic heterocycles. The lowest BCUT2D eigenvalue weighted by Crippen LogP contribution is -2.04. The van der Waals surface area contributed by atoms with Gasteiger partial charge in [-0.25, -0.2) is 0 Å². The van der Waals surface area contributed by atoms with Gasteiger partial charge in [-0.2, -0.15) is 0 Å². The molecule has 0 aliphatic carbocycles. The Morgan fingerprint density at radius 3 is 0.707 bits per heavy atom. The third-order valence-electron chi connectivity index (χ3n) is 19.7. The average Bonchev–Trinajstić information content (AvgIpc) is 1.89. The molecular weight excluding hydrogens is 1120 g/mol. The molecule has 0 N–H and O–H groups in total. The minimum Gasteiger partial charge on any atom is -0.314 e. The molecule has 0 saturated carbocycles. The molecule has 0 atom stereocenters. The van der Waals surface area contributed by atoms with Gasteiger partial charge in [0.25, 0.3) is 0 Å². The topological polar surface area (TPSA) is 29.6 Å². The number of nitrogens with zero attached hydrogens (tertiary/aromatic N) is 6. The normalized spacial score (nSPS) is 12.1. The van der Waals surface area contributed by atoms with Crippen LogP contribution in [0.5, 0.6) is 0 Å². The fourth-order valence-corrected chi connectivity index (χ4v) is 15.7. The Hall–Kier alpha value is -12.4. The Bertz CT molecular complexity index is 6460. The van der Waals surface area contributed by atoms with Crippen molar-refractivity contribution in [1.29, 1.82) is 0 Å². The van der Waals surface area contributed by atoms with Crippen LogP contribution >= 0.6 is 0 Å². The minimum atomic E-state index is 1.09. The van der Waals surface area contributed by atoms with Gasteiger partial charge in [-0.1, -0.05) is 182 Å². The van der Waals surface area contributed by atoms with Gasteiger partial charge >= 0.3 is 0 Å². The summed E-state index contributed by atoms with van der Waals surface area (Å²) in [4.78, 5) is 0. The number of rotatable bonds is 6. The van der Waals surface area contributed by atoms with Crippen molar-refractivity contribution in [1.82, 2.24) is 27.4 Å². The van der Waals surface area contributed by atoms with Gasteiger partial charge in [0, 0.05) is 89.6 Å². The van der Waals surface area contributed by atoms with Gasteiger partial charge in [0.15, 0.2) is 0 Å². The summed E-state index contributed by atoms with van der Waals surface area (Å²) in [7, 11) is 0. The molecule has 0 bridgehead atoms. The predicted molar refractivity (Wildman–Crippen MR) is 388 cm³/mol. The van der Waals surface area contributed by atoms with Crippen LogP contribution in [0.15, 0.2) is 328 Å². The average molecular weight is 1170 g/mol. The number of aromatic nitrogens is 6. The number of hydrogen-bond acceptors (Lipinski definition) is 0. The molecule has 15 aromatic carbocycles. The standard InChI is InChI=1S/C86H54N6/c1-3-21-55(22-4-1)87-47-48-88(56-23-5-2-6-24-56)86-54-74-64-44-40-58(92-82-38-20-14-32-70(82)76-52-60(42-46-84(76)92)90-79-35-17-11-29-67(79)68-30-12-18-36-80(68)90)50-72(64)71-49-57(39-43-63(71)61-25-7-8-26-62(61)73(74)53-85(86)87)91-81-37-19-13-31-69(81)75-51-59(41-45-83(75)91)89-77-33-15-9-27-65(77)66-28-10-16-34-78(66)89/h1-54H. The fraction of sp³-hybridized carbons (Fsp3) is 0. The maximum Gasteiger partial charge on any atom is 0.0703 e. The number of para-hydroxylation sites is 8. The third-order valence-corrected chi connectivity index (χ3v) is 19.7. The smallest absolute Gasteiger partial charge is 0.0703 e. The zero-order chi connectivity index (χ0) is 60.1. The lowest BCUT2D eigenvalue weighted by Gasteiger charge is -2.19. The molecule has 0 radical (unpaired) electrons. The highest BCUT2D eigenvalue weighted by molar-refractivity contribution is 6.28. The van der Waals surface area contributed by atoms with E-state index in [2.05, 4.69) is 355 Å². The third kappa shape index (κ3) is 7.31. The maximum absolute atomic E-state index is 2.49. The van der Waals surface area contributed by atoms with Crippen LogP contribution in [0.2, 0.25) is 0 Å². The minimum absolute atomic E-state index is 1.09. The van der Waals surface area contributed by atoms with Crippen LogP contribution in [0.3, 0.4) is 0 Å². The summed E-state index contributed by atoms with van der Waals surface area (Å²) in [6.07, 6.45) is 4.42. The molecule has 0 spiro atoms. The number of fused-ring (bicyclic) bond motifs is 21. The Morgan fingerprint density at radius 2 is 0.359 bits per heavy atom. The molecule has 6 heteroatoms. The van der Waals surface area contributed by atoms with Crippen LogP contribution < -0.4 is 0 Å². The first-order valence-electron chi connectivity index (χ1n) is 31.6. The van der Waals surface area contributed by atoms with Crippen molar-refractivity contribution in [2.45, 2.75) is 0 Å². The molecular formula is C86H54N6. The molecule has 5 heterocycles. The largest absolute Gasteiger partial charge is 0.314 e. The quantitative estimate of drug-likeness (QED) is 0.159. The molecule has 0 saturated heterocycles. The maximum atomic E-state index is 2.49. The van der Waals surface area contributed by atoms with Crippen molar-refractivity contribution in [2.75, 3.05) is 0 Å². The summed E-state index contributed by atoms with van der Waals surface area (Å²) >= 11 is 0. The van der Waals surface area contributed by atoms with Crippen molar-refractivity contribution >= 4 is 141 Å². The Kier molecular flexibility index (Phi) is 10.8. The highest BCUT2D eigenvalue weighted by Gasteiger charge is 2.22. The fourth-order valence-electron chi connectivity index (χ4n) is 15.7. The van der Waals surface area contributed by atoms with Crippen molar-refractivity contribution < 1.29 is 0 Å². The lowest BCUT2D eigenvalue weighted by atomic mass is 9.93. The predicted octanol–water partition coefficient (Wildman–Crippen LogP) is 22.5. The molecule has 92 heavy (non-hydrogen) atoms. The SMILES string of the molecule is c1ccc(-n2ccn(-c3ccccc3)c3cc4c5ccc(-n6c7ccccc7c7cc(-n8c9ccccc9c9ccccc98)ccc76)cc5c5cc(-n6c7ccccc7c7cc(-n8c9ccccc9c9ccccc98)ccc76)ccc5c5ccccc5c4cc32)cc1. The lowest BCUT2D eigenvalue weighted by molar-refractivity contribution is 1.01. The molecule has 0 fully saturated rings. The van der Waals surface area contributed by atoms with E-state index in [1.165, 1.54) is 86.7 Å². The van der Waals surface area contributed by atoms with Crippen LogP contribution in [-0.4, -0.2) is 27.4 Å². The molecule has 20 aromatic rings. The van der Waals surface area contributed by atoms with Gasteiger partial charge in [-0.3, -0.25) is 0 Å². The van der Waals surface area contributed by atoms with Gasteiger partial charge in [0.1, 0.15) is 0 Å². The van der Waals surface area contributed by atoms with Crippen LogP contribution in [0.25, 0.3) is 175 Å². The van der Waals surface area contributed by atoms with E-state index in [1.807, 2.05) is 0 Å². The summed E-state index contributed by atoms with van der Waals surface area (Å²) in [5.41, 5.74) is 18.2. The molecule has 0 amide bonds. The van der Waals surface area contributed by atoms with Crippen LogP contribution in [-0.2, 0) is 0 Å². The Morgan fingerprint density at radius 1 is 0.130 bits per heavy atom. The molecule has 20 rings (SSSR count). The van der Waals surface area contributed by atoms with Crippen LogP contribution in [0, 0.1) is 0 Å². The van der Waals surface area contributed by atoms with E-state index >= 15 is 0 Å². The van der Waals surface area contributed by atoms with Crippen molar-refractivity contribution in [3.63, 3.8) is 0 Å². The van der Waals surface area contributed by atoms with Gasteiger partial charge in [0.05, 0.1) is 55.2 Å². The van der Waals surface area contributed by atoms with E-state index in [-0.39, 0.29) is 0 Å². The zero-order valence-corrected chi connectivity index (χ0v) is 49.9. The molecule has 428 valence electrons. The second-order valence-corrected chi connectivity index (χ2v) is 24.4. The van der Waals surface area contributed by atoms with Gasteiger partial charge in [0.2, 0.25) is 0 Å². The zero-order valence-electron chi connectivity index (χ0n) is 49.9. The van der Waals surface area contributed by atoms with E-state index in [0.29, 0.717) is 0 Å². The second kappa shape index (κ2) is 19.6. The Balaban J connectivity index is 0.896. The first-order valence-corrected chi connectivity index (χ1v) is 31.6. The van der Waals surface area contributed by atoms with Crippen LogP contribution in [0.1, 0.15) is 0 Å². The molecule has 0 aliphatic rings. The first kappa shape index (κ1) is 50.6. The van der Waals surface area contributed by atoms with E-state index in [0.717, 1.165) is 88.8 Å².